The van der Waals surface area contributed by atoms with E-state index in [1.807, 2.05) is 25.6 Å². The van der Waals surface area contributed by atoms with Gasteiger partial charge in [0.2, 0.25) is 0 Å². The number of thiazole rings is 1. The van der Waals surface area contributed by atoms with Crippen molar-refractivity contribution in [1.29, 1.82) is 0 Å². The van der Waals surface area contributed by atoms with Crippen LogP contribution in [0.4, 0.5) is 26.3 Å². The van der Waals surface area contributed by atoms with Crippen molar-refractivity contribution in [2.75, 3.05) is 33.4 Å². The maximum Gasteiger partial charge on any atom is 0.490 e. The molecule has 0 amide bonds. The van der Waals surface area contributed by atoms with Crippen LogP contribution in [0.25, 0.3) is 0 Å². The van der Waals surface area contributed by atoms with Crippen LogP contribution < -0.4 is 0 Å². The summed E-state index contributed by atoms with van der Waals surface area (Å²) in [5, 5.41) is 17.6. The van der Waals surface area contributed by atoms with E-state index in [-0.39, 0.29) is 0 Å². The van der Waals surface area contributed by atoms with Crippen molar-refractivity contribution >= 4 is 23.3 Å². The average molecular weight is 601 g/mol. The first-order chi connectivity index (χ1) is 18.6. The Morgan fingerprint density at radius 3 is 2.08 bits per heavy atom. The minimum absolute atomic E-state index is 0.442. The number of ether oxygens (including phenoxy) is 1. The van der Waals surface area contributed by atoms with E-state index in [2.05, 4.69) is 37.3 Å². The topological polar surface area (TPSA) is 116 Å². The van der Waals surface area contributed by atoms with Crippen molar-refractivity contribution < 1.29 is 50.9 Å². The summed E-state index contributed by atoms with van der Waals surface area (Å²) in [6.45, 7) is 6.28. The summed E-state index contributed by atoms with van der Waals surface area (Å²) < 4.78 is 69.0. The Morgan fingerprint density at radius 1 is 1.02 bits per heavy atom. The predicted octanol–water partition coefficient (Wildman–Crippen LogP) is 4.31. The number of piperidine rings is 1. The number of carboxylic acids is 2. The highest BCUT2D eigenvalue weighted by molar-refractivity contribution is 7.09. The highest BCUT2D eigenvalue weighted by atomic mass is 32.1. The van der Waals surface area contributed by atoms with Crippen LogP contribution in [0.1, 0.15) is 30.0 Å². The van der Waals surface area contributed by atoms with Crippen LogP contribution in [-0.2, 0) is 27.4 Å². The fourth-order valence-corrected chi connectivity index (χ4v) is 5.22. The van der Waals surface area contributed by atoms with Gasteiger partial charge >= 0.3 is 24.3 Å². The Bertz CT molecular complexity index is 1020. The van der Waals surface area contributed by atoms with Crippen LogP contribution >= 0.6 is 11.3 Å². The zero-order valence-corrected chi connectivity index (χ0v) is 22.3. The van der Waals surface area contributed by atoms with Crippen LogP contribution in [0.5, 0.6) is 0 Å². The highest BCUT2D eigenvalue weighted by Crippen LogP contribution is 2.44. The molecule has 2 aliphatic heterocycles. The number of hydrogen-bond acceptors (Lipinski definition) is 8. The largest absolute Gasteiger partial charge is 0.490 e. The molecule has 0 bridgehead atoms. The Labute approximate surface area is 230 Å². The molecule has 0 aliphatic carbocycles. The third kappa shape index (κ3) is 11.0. The monoisotopic (exact) mass is 600 g/mol. The second kappa shape index (κ2) is 14.7. The smallest absolute Gasteiger partial charge is 0.475 e. The first-order valence-electron chi connectivity index (χ1n) is 12.0. The average Bonchev–Trinajstić information content (AvgIpc) is 3.49. The van der Waals surface area contributed by atoms with Crippen LogP contribution in [0, 0.1) is 5.41 Å². The normalized spacial score (nSPS) is 19.3. The quantitative estimate of drug-likeness (QED) is 0.468. The van der Waals surface area contributed by atoms with Crippen molar-refractivity contribution in [2.45, 2.75) is 50.7 Å². The number of nitrogens with zero attached hydrogens (tertiary/aromatic N) is 4. The van der Waals surface area contributed by atoms with Crippen molar-refractivity contribution in [3.05, 3.63) is 46.7 Å². The first-order valence-corrected chi connectivity index (χ1v) is 12.9. The molecule has 2 aromatic heterocycles. The van der Waals surface area contributed by atoms with E-state index in [4.69, 9.17) is 24.5 Å². The molecule has 0 aromatic carbocycles. The van der Waals surface area contributed by atoms with Gasteiger partial charge < -0.3 is 14.9 Å². The minimum atomic E-state index is -5.08. The van der Waals surface area contributed by atoms with E-state index in [9.17, 15) is 26.3 Å². The SMILES string of the molecule is COCC1CC2(CCN(Cc3nccs3)CC2)CN1Cc1ccccn1.O=C(O)C(F)(F)F.O=C(O)C(F)(F)F. The molecular weight excluding hydrogens is 570 g/mol. The summed E-state index contributed by atoms with van der Waals surface area (Å²) in [5.41, 5.74) is 1.60. The lowest BCUT2D eigenvalue weighted by Gasteiger charge is -2.39. The Hall–Kier alpha value is -2.82. The number of carbonyl (C=O) groups is 2. The van der Waals surface area contributed by atoms with E-state index >= 15 is 0 Å². The van der Waals surface area contributed by atoms with E-state index in [1.165, 1.54) is 43.9 Å². The molecular formula is C24H30F6N4O5S. The molecule has 1 atom stereocenters. The standard InChI is InChI=1S/C20H28N4OS.2C2HF3O2/c1-25-15-18-12-20(16-24(18)13-17-4-2-3-7-21-17)5-9-23(10-6-20)14-19-22-8-11-26-19;2*3-2(4,5)1(6)7/h2-4,7-8,11,18H,5-6,9-10,12-16H2,1H3;2*(H,6,7). The third-order valence-electron chi connectivity index (χ3n) is 6.42. The van der Waals surface area contributed by atoms with Crippen LogP contribution in [0.3, 0.4) is 0 Å². The summed E-state index contributed by atoms with van der Waals surface area (Å²) in [4.78, 5) is 31.9. The van der Waals surface area contributed by atoms with Crippen molar-refractivity contribution in [1.82, 2.24) is 19.8 Å². The molecule has 224 valence electrons. The van der Waals surface area contributed by atoms with Gasteiger partial charge in [-0.1, -0.05) is 6.07 Å². The number of aliphatic carboxylic acids is 2. The van der Waals surface area contributed by atoms with Crippen LogP contribution in [-0.4, -0.2) is 93.7 Å². The summed E-state index contributed by atoms with van der Waals surface area (Å²) in [6, 6.07) is 6.70. The maximum atomic E-state index is 10.6. The van der Waals surface area contributed by atoms with E-state index < -0.39 is 24.3 Å². The van der Waals surface area contributed by atoms with Gasteiger partial charge in [0.05, 0.1) is 18.8 Å². The molecule has 0 saturated carbocycles. The molecule has 2 N–H and O–H groups in total. The molecule has 2 aromatic rings. The lowest BCUT2D eigenvalue weighted by molar-refractivity contribution is -0.193. The van der Waals surface area contributed by atoms with Gasteiger partial charge in [-0.15, -0.1) is 11.3 Å². The number of carboxylic acid groups (broad SMARTS) is 2. The maximum absolute atomic E-state index is 10.6. The summed E-state index contributed by atoms with van der Waals surface area (Å²) in [7, 11) is 1.82. The fraction of sp³-hybridized carbons (Fsp3) is 0.583. The molecule has 9 nitrogen and oxygen atoms in total. The number of likely N-dealkylation sites (tertiary alicyclic amines) is 2. The van der Waals surface area contributed by atoms with Crippen molar-refractivity contribution in [3.63, 3.8) is 0 Å². The Kier molecular flexibility index (Phi) is 12.3. The number of halogens is 6. The fourth-order valence-electron chi connectivity index (χ4n) is 4.56. The number of alkyl halides is 6. The molecule has 1 unspecified atom stereocenters. The van der Waals surface area contributed by atoms with E-state index in [0.717, 1.165) is 25.4 Å². The third-order valence-corrected chi connectivity index (χ3v) is 7.18. The lowest BCUT2D eigenvalue weighted by Crippen LogP contribution is -2.41. The van der Waals surface area contributed by atoms with Gasteiger partial charge in [-0.25, -0.2) is 14.6 Å². The number of rotatable bonds is 6. The zero-order chi connectivity index (χ0) is 30.0. The van der Waals surface area contributed by atoms with Gasteiger partial charge in [-0.3, -0.25) is 14.8 Å². The number of methoxy groups -OCH3 is 1. The molecule has 2 aliphatic rings. The van der Waals surface area contributed by atoms with Gasteiger partial charge in [-0.05, 0) is 49.9 Å². The number of pyridine rings is 1. The van der Waals surface area contributed by atoms with Gasteiger partial charge in [0.25, 0.3) is 0 Å². The Morgan fingerprint density at radius 2 is 1.62 bits per heavy atom. The highest BCUT2D eigenvalue weighted by Gasteiger charge is 2.45. The van der Waals surface area contributed by atoms with Crippen LogP contribution in [0.2, 0.25) is 0 Å². The number of hydrogen-bond donors (Lipinski definition) is 2. The lowest BCUT2D eigenvalue weighted by atomic mass is 9.76. The van der Waals surface area contributed by atoms with Crippen LogP contribution in [0.15, 0.2) is 36.0 Å². The molecule has 16 heteroatoms. The summed E-state index contributed by atoms with van der Waals surface area (Å²) in [6.07, 6.45) is -2.57. The first kappa shape index (κ1) is 33.4. The molecule has 4 rings (SSSR count). The molecule has 4 heterocycles. The van der Waals surface area contributed by atoms with E-state index in [1.54, 1.807) is 11.3 Å². The Balaban J connectivity index is 0.000000333. The zero-order valence-electron chi connectivity index (χ0n) is 21.5. The number of aromatic nitrogens is 2. The molecule has 40 heavy (non-hydrogen) atoms. The second-order valence-corrected chi connectivity index (χ2v) is 10.3. The van der Waals surface area contributed by atoms with Gasteiger partial charge in [0.15, 0.2) is 0 Å². The molecule has 2 saturated heterocycles. The minimum Gasteiger partial charge on any atom is -0.475 e. The predicted molar refractivity (Wildman–Crippen MR) is 131 cm³/mol. The van der Waals surface area contributed by atoms with Gasteiger partial charge in [0.1, 0.15) is 5.01 Å². The van der Waals surface area contributed by atoms with Gasteiger partial charge in [0, 0.05) is 44.0 Å². The summed E-state index contributed by atoms with van der Waals surface area (Å²) >= 11 is 1.76. The van der Waals surface area contributed by atoms with Crippen molar-refractivity contribution in [3.8, 4) is 0 Å². The second-order valence-electron chi connectivity index (χ2n) is 9.35. The molecule has 0 radical (unpaired) electrons. The summed E-state index contributed by atoms with van der Waals surface area (Å²) in [5.74, 6) is -5.51. The van der Waals surface area contributed by atoms with Gasteiger partial charge in [-0.2, -0.15) is 26.3 Å². The van der Waals surface area contributed by atoms with E-state index in [0.29, 0.717) is 11.5 Å². The van der Waals surface area contributed by atoms with Crippen molar-refractivity contribution in [2.24, 2.45) is 5.41 Å². The molecule has 2 fully saturated rings. The molecule has 1 spiro atoms.